The molecule has 1 aromatic carbocycles. The summed E-state index contributed by atoms with van der Waals surface area (Å²) in [5.41, 5.74) is 1.21. The number of carbonyl (C=O) groups excluding carboxylic acids is 1. The molecule has 0 saturated carbocycles. The second-order valence-electron chi connectivity index (χ2n) is 4.94. The van der Waals surface area contributed by atoms with Gasteiger partial charge in [-0.1, -0.05) is 18.2 Å². The first-order chi connectivity index (χ1) is 10.8. The molecule has 0 bridgehead atoms. The molecule has 0 aliphatic rings. The monoisotopic (exact) mass is 314 g/mol. The van der Waals surface area contributed by atoms with Gasteiger partial charge in [0.25, 0.3) is 0 Å². The molecule has 3 aromatic rings. The first-order valence-corrected chi connectivity index (χ1v) is 8.26. The Morgan fingerprint density at radius 1 is 1.27 bits per heavy atom. The van der Waals surface area contributed by atoms with Gasteiger partial charge in [0, 0.05) is 28.5 Å². The van der Waals surface area contributed by atoms with E-state index in [1.807, 2.05) is 24.3 Å². The summed E-state index contributed by atoms with van der Waals surface area (Å²) in [6, 6.07) is 11.9. The van der Waals surface area contributed by atoms with E-state index in [2.05, 4.69) is 35.1 Å². The zero-order chi connectivity index (χ0) is 15.4. The van der Waals surface area contributed by atoms with E-state index in [-0.39, 0.29) is 5.91 Å². The first kappa shape index (κ1) is 14.8. The van der Waals surface area contributed by atoms with Crippen LogP contribution in [0.2, 0.25) is 0 Å². The molecule has 0 unspecified atom stereocenters. The molecule has 114 valence electrons. The Morgan fingerprint density at radius 3 is 2.91 bits per heavy atom. The zero-order valence-electron chi connectivity index (χ0n) is 12.4. The van der Waals surface area contributed by atoms with Crippen LogP contribution < -0.4 is 5.32 Å². The van der Waals surface area contributed by atoms with Crippen molar-refractivity contribution in [3.8, 4) is 0 Å². The van der Waals surface area contributed by atoms with Gasteiger partial charge in [0.2, 0.25) is 5.91 Å². The van der Waals surface area contributed by atoms with Crippen LogP contribution in [0.5, 0.6) is 0 Å². The van der Waals surface area contributed by atoms with E-state index in [4.69, 9.17) is 4.42 Å². The van der Waals surface area contributed by atoms with Crippen LogP contribution in [-0.4, -0.2) is 16.2 Å². The third kappa shape index (κ3) is 3.20. The SMILES string of the molecule is CCn1cc(SCC(=O)NCc2ccco2)c2ccccc21. The molecule has 3 rings (SSSR count). The van der Waals surface area contributed by atoms with Gasteiger partial charge in [-0.3, -0.25) is 4.79 Å². The molecule has 0 spiro atoms. The summed E-state index contributed by atoms with van der Waals surface area (Å²) < 4.78 is 7.40. The maximum Gasteiger partial charge on any atom is 0.230 e. The molecule has 22 heavy (non-hydrogen) atoms. The predicted octanol–water partition coefficient (Wildman–Crippen LogP) is 3.66. The fourth-order valence-electron chi connectivity index (χ4n) is 2.38. The lowest BCUT2D eigenvalue weighted by Crippen LogP contribution is -2.24. The van der Waals surface area contributed by atoms with Crippen molar-refractivity contribution in [3.63, 3.8) is 0 Å². The van der Waals surface area contributed by atoms with E-state index < -0.39 is 0 Å². The predicted molar refractivity (Wildman–Crippen MR) is 88.9 cm³/mol. The highest BCUT2D eigenvalue weighted by Gasteiger charge is 2.10. The highest BCUT2D eigenvalue weighted by atomic mass is 32.2. The van der Waals surface area contributed by atoms with E-state index in [1.165, 1.54) is 10.9 Å². The van der Waals surface area contributed by atoms with Crippen LogP contribution in [0.15, 0.2) is 58.2 Å². The van der Waals surface area contributed by atoms with Crippen molar-refractivity contribution in [1.29, 1.82) is 0 Å². The van der Waals surface area contributed by atoms with Crippen molar-refractivity contribution in [2.75, 3.05) is 5.75 Å². The number of para-hydroxylation sites is 1. The maximum atomic E-state index is 11.9. The molecule has 0 radical (unpaired) electrons. The molecule has 4 nitrogen and oxygen atoms in total. The minimum absolute atomic E-state index is 0.00901. The van der Waals surface area contributed by atoms with Crippen LogP contribution in [0.25, 0.3) is 10.9 Å². The summed E-state index contributed by atoms with van der Waals surface area (Å²) in [6.07, 6.45) is 3.73. The molecule has 1 amide bonds. The second-order valence-corrected chi connectivity index (χ2v) is 5.96. The van der Waals surface area contributed by atoms with Crippen LogP contribution in [0.4, 0.5) is 0 Å². The number of hydrogen-bond donors (Lipinski definition) is 1. The third-order valence-corrected chi connectivity index (χ3v) is 4.53. The average molecular weight is 314 g/mol. The van der Waals surface area contributed by atoms with Crippen LogP contribution in [0.1, 0.15) is 12.7 Å². The molecule has 0 aliphatic heterocycles. The maximum absolute atomic E-state index is 11.9. The summed E-state index contributed by atoms with van der Waals surface area (Å²) in [4.78, 5) is 13.1. The molecular formula is C17H18N2O2S. The van der Waals surface area contributed by atoms with Gasteiger partial charge in [-0.2, -0.15) is 0 Å². The van der Waals surface area contributed by atoms with Gasteiger partial charge in [0.1, 0.15) is 5.76 Å². The number of aryl methyl sites for hydroxylation is 1. The lowest BCUT2D eigenvalue weighted by molar-refractivity contribution is -0.118. The van der Waals surface area contributed by atoms with Crippen molar-refractivity contribution < 1.29 is 9.21 Å². The fourth-order valence-corrected chi connectivity index (χ4v) is 3.30. The lowest BCUT2D eigenvalue weighted by Gasteiger charge is -2.02. The van der Waals surface area contributed by atoms with E-state index in [0.29, 0.717) is 12.3 Å². The average Bonchev–Trinajstić information content (AvgIpc) is 3.18. The normalized spacial score (nSPS) is 11.0. The summed E-state index contributed by atoms with van der Waals surface area (Å²) >= 11 is 1.57. The van der Waals surface area contributed by atoms with Gasteiger partial charge < -0.3 is 14.3 Å². The minimum atomic E-state index is 0.00901. The van der Waals surface area contributed by atoms with Crippen molar-refractivity contribution in [2.45, 2.75) is 24.9 Å². The number of aromatic nitrogens is 1. The highest BCUT2D eigenvalue weighted by molar-refractivity contribution is 8.00. The van der Waals surface area contributed by atoms with Crippen LogP contribution in [0.3, 0.4) is 0 Å². The number of rotatable bonds is 6. The number of nitrogens with one attached hydrogen (secondary N) is 1. The number of hydrogen-bond acceptors (Lipinski definition) is 3. The van der Waals surface area contributed by atoms with E-state index in [1.54, 1.807) is 18.0 Å². The van der Waals surface area contributed by atoms with Gasteiger partial charge in [-0.05, 0) is 25.1 Å². The van der Waals surface area contributed by atoms with Crippen molar-refractivity contribution >= 4 is 28.6 Å². The van der Waals surface area contributed by atoms with Crippen molar-refractivity contribution in [1.82, 2.24) is 9.88 Å². The molecule has 5 heteroatoms. The highest BCUT2D eigenvalue weighted by Crippen LogP contribution is 2.29. The Labute approximate surface area is 133 Å². The lowest BCUT2D eigenvalue weighted by atomic mass is 10.2. The van der Waals surface area contributed by atoms with Crippen LogP contribution in [-0.2, 0) is 17.9 Å². The molecule has 2 heterocycles. The molecule has 0 atom stereocenters. The molecule has 0 aliphatic carbocycles. The molecule has 0 saturated heterocycles. The van der Waals surface area contributed by atoms with Crippen LogP contribution >= 0.6 is 11.8 Å². The minimum Gasteiger partial charge on any atom is -0.467 e. The number of benzene rings is 1. The quantitative estimate of drug-likeness (QED) is 0.706. The van der Waals surface area contributed by atoms with E-state index in [9.17, 15) is 4.79 Å². The number of carbonyl (C=O) groups is 1. The number of amides is 1. The largest absolute Gasteiger partial charge is 0.467 e. The Bertz CT molecular complexity index is 762. The van der Waals surface area contributed by atoms with Gasteiger partial charge in [-0.25, -0.2) is 0 Å². The Hall–Kier alpha value is -2.14. The van der Waals surface area contributed by atoms with E-state index in [0.717, 1.165) is 17.2 Å². The first-order valence-electron chi connectivity index (χ1n) is 7.27. The van der Waals surface area contributed by atoms with Gasteiger partial charge >= 0.3 is 0 Å². The molecule has 0 fully saturated rings. The Balaban J connectivity index is 1.62. The van der Waals surface area contributed by atoms with E-state index >= 15 is 0 Å². The molecule has 2 aromatic heterocycles. The number of nitrogens with zero attached hydrogens (tertiary/aromatic N) is 1. The van der Waals surface area contributed by atoms with Gasteiger partial charge in [0.15, 0.2) is 0 Å². The molecular weight excluding hydrogens is 296 g/mol. The van der Waals surface area contributed by atoms with Crippen molar-refractivity contribution in [2.24, 2.45) is 0 Å². The van der Waals surface area contributed by atoms with Crippen molar-refractivity contribution in [3.05, 3.63) is 54.6 Å². The Kier molecular flexibility index (Phi) is 4.53. The number of thioether (sulfide) groups is 1. The summed E-state index contributed by atoms with van der Waals surface area (Å²) in [5, 5.41) is 4.07. The van der Waals surface area contributed by atoms with Gasteiger partial charge in [0.05, 0.1) is 18.6 Å². The summed E-state index contributed by atoms with van der Waals surface area (Å²) in [5.74, 6) is 1.17. The fraction of sp³-hybridized carbons (Fsp3) is 0.235. The third-order valence-electron chi connectivity index (χ3n) is 3.49. The summed E-state index contributed by atoms with van der Waals surface area (Å²) in [6.45, 7) is 3.48. The number of fused-ring (bicyclic) bond motifs is 1. The standard InChI is InChI=1S/C17H18N2O2S/c1-2-19-11-16(14-7-3-4-8-15(14)19)22-12-17(20)18-10-13-6-5-9-21-13/h3-9,11H,2,10,12H2,1H3,(H,18,20). The number of furan rings is 1. The van der Waals surface area contributed by atoms with Crippen LogP contribution in [0, 0.1) is 0 Å². The smallest absolute Gasteiger partial charge is 0.230 e. The second kappa shape index (κ2) is 6.75. The zero-order valence-corrected chi connectivity index (χ0v) is 13.2. The van der Waals surface area contributed by atoms with Gasteiger partial charge in [-0.15, -0.1) is 11.8 Å². The molecule has 1 N–H and O–H groups in total. The topological polar surface area (TPSA) is 47.2 Å². The Morgan fingerprint density at radius 2 is 2.14 bits per heavy atom. The summed E-state index contributed by atoms with van der Waals surface area (Å²) in [7, 11) is 0.